The monoisotopic (exact) mass is 330 g/mol. The van der Waals surface area contributed by atoms with E-state index in [0.717, 1.165) is 0 Å². The predicted molar refractivity (Wildman–Crippen MR) is 85.5 cm³/mol. The first-order chi connectivity index (χ1) is 11.5. The summed E-state index contributed by atoms with van der Waals surface area (Å²) in [5.41, 5.74) is 0.994. The third-order valence-electron chi connectivity index (χ3n) is 3.32. The fraction of sp³-hybridized carbons (Fsp3) is 0.235. The first-order valence-corrected chi connectivity index (χ1v) is 7.24. The van der Waals surface area contributed by atoms with Gasteiger partial charge < -0.3 is 14.0 Å². The number of esters is 1. The molecule has 0 fully saturated rings. The average Bonchev–Trinajstić information content (AvgIpc) is 2.99. The Kier molecular flexibility index (Phi) is 5.73. The number of imide groups is 1. The second-order valence-electron chi connectivity index (χ2n) is 5.03. The Morgan fingerprint density at radius 2 is 1.88 bits per heavy atom. The maximum absolute atomic E-state index is 11.8. The van der Waals surface area contributed by atoms with Crippen molar-refractivity contribution in [2.24, 2.45) is 7.05 Å². The Labute approximate surface area is 139 Å². The predicted octanol–water partition coefficient (Wildman–Crippen LogP) is 1.08. The quantitative estimate of drug-likeness (QED) is 0.801. The summed E-state index contributed by atoms with van der Waals surface area (Å²) in [4.78, 5) is 35.4. The molecule has 0 saturated heterocycles. The maximum atomic E-state index is 11.8. The van der Waals surface area contributed by atoms with Crippen LogP contribution in [0.4, 0.5) is 0 Å². The molecule has 0 aliphatic rings. The van der Waals surface area contributed by atoms with E-state index in [0.29, 0.717) is 17.0 Å². The number of rotatable bonds is 6. The summed E-state index contributed by atoms with van der Waals surface area (Å²) in [5, 5.41) is 2.16. The topological polar surface area (TPSA) is 86.6 Å². The Bertz CT molecular complexity index is 751. The van der Waals surface area contributed by atoms with E-state index in [2.05, 4.69) is 5.32 Å². The van der Waals surface area contributed by atoms with Gasteiger partial charge in [-0.1, -0.05) is 18.2 Å². The van der Waals surface area contributed by atoms with Crippen molar-refractivity contribution in [3.63, 3.8) is 0 Å². The highest BCUT2D eigenvalue weighted by molar-refractivity contribution is 6.04. The van der Waals surface area contributed by atoms with Crippen molar-refractivity contribution < 1.29 is 23.9 Å². The first kappa shape index (κ1) is 17.3. The maximum Gasteiger partial charge on any atom is 0.310 e. The van der Waals surface area contributed by atoms with E-state index in [4.69, 9.17) is 9.47 Å². The normalized spacial score (nSPS) is 10.1. The highest BCUT2D eigenvalue weighted by atomic mass is 16.5. The molecule has 2 aromatic rings. The minimum atomic E-state index is -0.686. The smallest absolute Gasteiger partial charge is 0.310 e. The number of ether oxygens (including phenoxy) is 2. The highest BCUT2D eigenvalue weighted by Crippen LogP contribution is 2.17. The molecular weight excluding hydrogens is 312 g/mol. The van der Waals surface area contributed by atoms with Crippen LogP contribution in [0.2, 0.25) is 0 Å². The van der Waals surface area contributed by atoms with E-state index in [9.17, 15) is 14.4 Å². The molecule has 126 valence electrons. The summed E-state index contributed by atoms with van der Waals surface area (Å²) < 4.78 is 11.6. The SMILES string of the molecule is COc1ccccc1CC(=O)OCC(=O)NC(=O)c1cccn1C. The van der Waals surface area contributed by atoms with E-state index in [1.807, 2.05) is 0 Å². The van der Waals surface area contributed by atoms with Gasteiger partial charge in [-0.3, -0.25) is 19.7 Å². The van der Waals surface area contributed by atoms with Gasteiger partial charge in [0.05, 0.1) is 13.5 Å². The highest BCUT2D eigenvalue weighted by Gasteiger charge is 2.15. The summed E-state index contributed by atoms with van der Waals surface area (Å²) in [6.07, 6.45) is 1.66. The number of nitrogens with zero attached hydrogens (tertiary/aromatic N) is 1. The van der Waals surface area contributed by atoms with Gasteiger partial charge >= 0.3 is 5.97 Å². The lowest BCUT2D eigenvalue weighted by atomic mass is 10.1. The number of methoxy groups -OCH3 is 1. The number of amides is 2. The number of hydrogen-bond donors (Lipinski definition) is 1. The number of para-hydroxylation sites is 1. The number of aryl methyl sites for hydroxylation is 1. The van der Waals surface area contributed by atoms with Crippen molar-refractivity contribution in [1.82, 2.24) is 9.88 Å². The van der Waals surface area contributed by atoms with Crippen LogP contribution in [0.1, 0.15) is 16.1 Å². The van der Waals surface area contributed by atoms with Gasteiger partial charge in [-0.05, 0) is 18.2 Å². The van der Waals surface area contributed by atoms with Crippen LogP contribution in [0.25, 0.3) is 0 Å². The van der Waals surface area contributed by atoms with Crippen LogP contribution in [-0.2, 0) is 27.8 Å². The minimum Gasteiger partial charge on any atom is -0.496 e. The zero-order chi connectivity index (χ0) is 17.5. The second kappa shape index (κ2) is 7.96. The molecule has 24 heavy (non-hydrogen) atoms. The number of carbonyl (C=O) groups excluding carboxylic acids is 3. The molecule has 0 aliphatic heterocycles. The van der Waals surface area contributed by atoms with E-state index in [1.165, 1.54) is 7.11 Å². The van der Waals surface area contributed by atoms with Gasteiger partial charge in [0.15, 0.2) is 6.61 Å². The molecule has 1 aromatic carbocycles. The first-order valence-electron chi connectivity index (χ1n) is 7.24. The summed E-state index contributed by atoms with van der Waals surface area (Å²) in [7, 11) is 3.19. The Morgan fingerprint density at radius 1 is 1.12 bits per heavy atom. The van der Waals surface area contributed by atoms with Gasteiger partial charge in [0.1, 0.15) is 11.4 Å². The molecule has 1 N–H and O–H groups in total. The third kappa shape index (κ3) is 4.45. The molecule has 0 saturated carbocycles. The van der Waals surface area contributed by atoms with E-state index in [-0.39, 0.29) is 6.42 Å². The zero-order valence-corrected chi connectivity index (χ0v) is 13.4. The number of benzene rings is 1. The lowest BCUT2D eigenvalue weighted by molar-refractivity contribution is -0.147. The number of hydrogen-bond acceptors (Lipinski definition) is 5. The molecule has 0 bridgehead atoms. The molecule has 0 spiro atoms. The molecule has 2 rings (SSSR count). The van der Waals surface area contributed by atoms with Crippen molar-refractivity contribution in [3.05, 3.63) is 53.9 Å². The summed E-state index contributed by atoms with van der Waals surface area (Å²) >= 11 is 0. The van der Waals surface area contributed by atoms with E-state index in [1.54, 1.807) is 54.2 Å². The Balaban J connectivity index is 1.82. The van der Waals surface area contributed by atoms with E-state index >= 15 is 0 Å². The standard InChI is InChI=1S/C17H18N2O5/c1-19-9-5-7-13(19)17(22)18-15(20)11-24-16(21)10-12-6-3-4-8-14(12)23-2/h3-9H,10-11H2,1-2H3,(H,18,20,22). The fourth-order valence-corrected chi connectivity index (χ4v) is 2.13. The van der Waals surface area contributed by atoms with Gasteiger partial charge in [-0.25, -0.2) is 0 Å². The zero-order valence-electron chi connectivity index (χ0n) is 13.4. The van der Waals surface area contributed by atoms with Crippen LogP contribution < -0.4 is 10.1 Å². The average molecular weight is 330 g/mol. The van der Waals surface area contributed by atoms with Crippen molar-refractivity contribution in [3.8, 4) is 5.75 Å². The Morgan fingerprint density at radius 3 is 2.54 bits per heavy atom. The Hall–Kier alpha value is -3.09. The van der Waals surface area contributed by atoms with E-state index < -0.39 is 24.4 Å². The van der Waals surface area contributed by atoms with Gasteiger partial charge in [0.2, 0.25) is 0 Å². The number of nitrogens with one attached hydrogen (secondary N) is 1. The van der Waals surface area contributed by atoms with Crippen molar-refractivity contribution in [2.75, 3.05) is 13.7 Å². The third-order valence-corrected chi connectivity index (χ3v) is 3.32. The van der Waals surface area contributed by atoms with Crippen LogP contribution in [0.5, 0.6) is 5.75 Å². The van der Waals surface area contributed by atoms with Crippen molar-refractivity contribution in [1.29, 1.82) is 0 Å². The van der Waals surface area contributed by atoms with Gasteiger partial charge in [-0.2, -0.15) is 0 Å². The molecular formula is C17H18N2O5. The lowest BCUT2D eigenvalue weighted by Gasteiger charge is -2.08. The largest absolute Gasteiger partial charge is 0.496 e. The van der Waals surface area contributed by atoms with Gasteiger partial charge in [-0.15, -0.1) is 0 Å². The molecule has 7 heteroatoms. The molecule has 0 aliphatic carbocycles. The van der Waals surface area contributed by atoms with Crippen molar-refractivity contribution >= 4 is 17.8 Å². The van der Waals surface area contributed by atoms with Crippen LogP contribution in [-0.4, -0.2) is 36.1 Å². The minimum absolute atomic E-state index is 0.0248. The van der Waals surface area contributed by atoms with Crippen LogP contribution >= 0.6 is 0 Å². The summed E-state index contributed by atoms with van der Waals surface area (Å²) in [6.45, 7) is -0.524. The molecule has 1 heterocycles. The second-order valence-corrected chi connectivity index (χ2v) is 5.03. The molecule has 0 atom stereocenters. The van der Waals surface area contributed by atoms with Crippen LogP contribution in [0.15, 0.2) is 42.6 Å². The molecule has 7 nitrogen and oxygen atoms in total. The van der Waals surface area contributed by atoms with Crippen molar-refractivity contribution in [2.45, 2.75) is 6.42 Å². The van der Waals surface area contributed by atoms with Crippen LogP contribution in [0.3, 0.4) is 0 Å². The number of aromatic nitrogens is 1. The fourth-order valence-electron chi connectivity index (χ4n) is 2.13. The lowest BCUT2D eigenvalue weighted by Crippen LogP contribution is -2.35. The molecule has 0 radical (unpaired) electrons. The van der Waals surface area contributed by atoms with Gasteiger partial charge in [0.25, 0.3) is 11.8 Å². The molecule has 0 unspecified atom stereocenters. The molecule has 1 aromatic heterocycles. The summed E-state index contributed by atoms with van der Waals surface area (Å²) in [6, 6.07) is 10.3. The van der Waals surface area contributed by atoms with Crippen LogP contribution in [0, 0.1) is 0 Å². The number of carbonyl (C=O) groups is 3. The molecule has 2 amide bonds. The summed E-state index contributed by atoms with van der Waals surface area (Å²) in [5.74, 6) is -1.25. The van der Waals surface area contributed by atoms with Gasteiger partial charge in [0, 0.05) is 18.8 Å².